The summed E-state index contributed by atoms with van der Waals surface area (Å²) in [5.41, 5.74) is 0.243. The summed E-state index contributed by atoms with van der Waals surface area (Å²) in [6.07, 6.45) is 1.91. The molecule has 1 aromatic carbocycles. The molecule has 7 nitrogen and oxygen atoms in total. The molecule has 0 aliphatic heterocycles. The van der Waals surface area contributed by atoms with Crippen molar-refractivity contribution in [2.24, 2.45) is 0 Å². The number of rotatable bonds is 4. The Hall–Kier alpha value is -3.29. The van der Waals surface area contributed by atoms with Crippen molar-refractivity contribution in [3.05, 3.63) is 68.2 Å². The largest absolute Gasteiger partial charge is 0.329 e. The van der Waals surface area contributed by atoms with Crippen molar-refractivity contribution in [1.29, 1.82) is 0 Å². The second-order valence-corrected chi connectivity index (χ2v) is 6.53. The number of anilines is 1. The summed E-state index contributed by atoms with van der Waals surface area (Å²) in [6.45, 7) is 2.08. The summed E-state index contributed by atoms with van der Waals surface area (Å²) in [5, 5.41) is 2.74. The van der Waals surface area contributed by atoms with Crippen LogP contribution >= 0.6 is 0 Å². The Kier molecular flexibility index (Phi) is 4.10. The highest BCUT2D eigenvalue weighted by molar-refractivity contribution is 6.11. The minimum atomic E-state index is -0.654. The van der Waals surface area contributed by atoms with E-state index < -0.39 is 23.0 Å². The molecule has 2 N–H and O–H groups in total. The predicted octanol–water partition coefficient (Wildman–Crippen LogP) is 2.37. The molecular formula is C19H17FN4O3. The zero-order valence-electron chi connectivity index (χ0n) is 14.6. The lowest BCUT2D eigenvalue weighted by Gasteiger charge is -2.12. The van der Waals surface area contributed by atoms with E-state index in [4.69, 9.17) is 0 Å². The van der Waals surface area contributed by atoms with Crippen LogP contribution in [0, 0.1) is 5.82 Å². The Morgan fingerprint density at radius 3 is 2.63 bits per heavy atom. The third kappa shape index (κ3) is 3.14. The Morgan fingerprint density at radius 1 is 1.30 bits per heavy atom. The maximum atomic E-state index is 13.1. The first-order valence-corrected chi connectivity index (χ1v) is 8.72. The number of hydrogen-bond acceptors (Lipinski definition) is 4. The number of pyridine rings is 1. The summed E-state index contributed by atoms with van der Waals surface area (Å²) < 4.78 is 14.4. The summed E-state index contributed by atoms with van der Waals surface area (Å²) in [5.74, 6) is -0.698. The van der Waals surface area contributed by atoms with Crippen LogP contribution in [0.15, 0.2) is 39.9 Å². The standard InChI is InChI=1S/C19H17FN4O3/c1-2-24-16-15(18(26)23-19(24)27)13(9-14(22-16)10-3-4-10)17(25)21-12-7-5-11(20)6-8-12/h5-10H,2-4H2,1H3,(H,21,25)(H,23,26,27). The lowest BCUT2D eigenvalue weighted by molar-refractivity contribution is 0.102. The number of aromatic amines is 1. The fourth-order valence-corrected chi connectivity index (χ4v) is 3.09. The lowest BCUT2D eigenvalue weighted by Crippen LogP contribution is -2.32. The minimum absolute atomic E-state index is 0.0699. The maximum Gasteiger partial charge on any atom is 0.329 e. The molecule has 0 radical (unpaired) electrons. The molecule has 4 rings (SSSR count). The Labute approximate surface area is 152 Å². The van der Waals surface area contributed by atoms with E-state index in [1.165, 1.54) is 28.8 Å². The molecule has 0 saturated heterocycles. The molecule has 1 saturated carbocycles. The van der Waals surface area contributed by atoms with Crippen LogP contribution < -0.4 is 16.6 Å². The zero-order chi connectivity index (χ0) is 19.1. The van der Waals surface area contributed by atoms with E-state index in [2.05, 4.69) is 15.3 Å². The molecule has 8 heteroatoms. The number of nitrogens with one attached hydrogen (secondary N) is 2. The molecule has 0 spiro atoms. The second kappa shape index (κ2) is 6.46. The van der Waals surface area contributed by atoms with Gasteiger partial charge < -0.3 is 5.32 Å². The summed E-state index contributed by atoms with van der Waals surface area (Å²) in [7, 11) is 0. The molecule has 0 atom stereocenters. The smallest absolute Gasteiger partial charge is 0.322 e. The molecule has 27 heavy (non-hydrogen) atoms. The number of aryl methyl sites for hydroxylation is 1. The van der Waals surface area contributed by atoms with Gasteiger partial charge in [-0.3, -0.25) is 19.1 Å². The highest BCUT2D eigenvalue weighted by Gasteiger charge is 2.28. The first kappa shape index (κ1) is 17.1. The molecule has 1 amide bonds. The minimum Gasteiger partial charge on any atom is -0.322 e. The predicted molar refractivity (Wildman–Crippen MR) is 98.6 cm³/mol. The molecule has 1 aliphatic carbocycles. The van der Waals surface area contributed by atoms with Gasteiger partial charge in [0, 0.05) is 23.8 Å². The number of nitrogens with zero attached hydrogens (tertiary/aromatic N) is 2. The van der Waals surface area contributed by atoms with Gasteiger partial charge in [0.05, 0.1) is 10.9 Å². The number of halogens is 1. The number of hydrogen-bond donors (Lipinski definition) is 2. The van der Waals surface area contributed by atoms with E-state index in [0.717, 1.165) is 12.8 Å². The molecule has 3 aromatic rings. The van der Waals surface area contributed by atoms with E-state index in [1.807, 2.05) is 0 Å². The van der Waals surface area contributed by atoms with Crippen molar-refractivity contribution in [1.82, 2.24) is 14.5 Å². The molecule has 2 heterocycles. The van der Waals surface area contributed by atoms with Crippen molar-refractivity contribution in [2.45, 2.75) is 32.2 Å². The Balaban J connectivity index is 1.90. The van der Waals surface area contributed by atoms with Gasteiger partial charge in [0.15, 0.2) is 5.65 Å². The molecule has 1 fully saturated rings. The Bertz CT molecular complexity index is 1160. The number of amides is 1. The van der Waals surface area contributed by atoms with E-state index in [1.54, 1.807) is 13.0 Å². The van der Waals surface area contributed by atoms with Gasteiger partial charge >= 0.3 is 5.69 Å². The van der Waals surface area contributed by atoms with Crippen LogP contribution in [0.5, 0.6) is 0 Å². The second-order valence-electron chi connectivity index (χ2n) is 6.53. The van der Waals surface area contributed by atoms with Crippen molar-refractivity contribution in [3.8, 4) is 0 Å². The van der Waals surface area contributed by atoms with Gasteiger partial charge in [-0.05, 0) is 50.1 Å². The van der Waals surface area contributed by atoms with Crippen LogP contribution in [0.1, 0.15) is 41.7 Å². The fourth-order valence-electron chi connectivity index (χ4n) is 3.09. The number of carbonyl (C=O) groups is 1. The monoisotopic (exact) mass is 368 g/mol. The molecule has 1 aliphatic rings. The molecular weight excluding hydrogens is 351 g/mol. The average Bonchev–Trinajstić information content (AvgIpc) is 3.48. The van der Waals surface area contributed by atoms with Crippen molar-refractivity contribution in [2.75, 3.05) is 5.32 Å². The number of H-pyrrole nitrogens is 1. The van der Waals surface area contributed by atoms with Crippen molar-refractivity contribution < 1.29 is 9.18 Å². The highest BCUT2D eigenvalue weighted by atomic mass is 19.1. The number of fused-ring (bicyclic) bond motifs is 1. The first-order valence-electron chi connectivity index (χ1n) is 8.72. The van der Waals surface area contributed by atoms with E-state index in [-0.39, 0.29) is 22.5 Å². The third-order valence-corrected chi connectivity index (χ3v) is 4.63. The van der Waals surface area contributed by atoms with Crippen LogP contribution in [0.25, 0.3) is 11.0 Å². The molecule has 0 bridgehead atoms. The normalized spacial score (nSPS) is 13.7. The van der Waals surface area contributed by atoms with E-state index in [0.29, 0.717) is 17.9 Å². The van der Waals surface area contributed by atoms with Crippen LogP contribution in [0.2, 0.25) is 0 Å². The van der Waals surface area contributed by atoms with E-state index >= 15 is 0 Å². The van der Waals surface area contributed by atoms with Crippen LogP contribution in [0.4, 0.5) is 10.1 Å². The fraction of sp³-hybridized carbons (Fsp3) is 0.263. The quantitative estimate of drug-likeness (QED) is 0.739. The lowest BCUT2D eigenvalue weighted by atomic mass is 10.1. The average molecular weight is 368 g/mol. The highest BCUT2D eigenvalue weighted by Crippen LogP contribution is 2.40. The van der Waals surface area contributed by atoms with Gasteiger partial charge in [-0.2, -0.15) is 0 Å². The molecule has 2 aromatic heterocycles. The number of benzene rings is 1. The van der Waals surface area contributed by atoms with Crippen LogP contribution in [0.3, 0.4) is 0 Å². The summed E-state index contributed by atoms with van der Waals surface area (Å²) >= 11 is 0. The summed E-state index contributed by atoms with van der Waals surface area (Å²) in [4.78, 5) is 44.2. The van der Waals surface area contributed by atoms with Gasteiger partial charge in [0.1, 0.15) is 5.82 Å². The van der Waals surface area contributed by atoms with Crippen LogP contribution in [-0.4, -0.2) is 20.4 Å². The van der Waals surface area contributed by atoms with Crippen LogP contribution in [-0.2, 0) is 6.54 Å². The Morgan fingerprint density at radius 2 is 2.00 bits per heavy atom. The van der Waals surface area contributed by atoms with Gasteiger partial charge in [0.2, 0.25) is 0 Å². The number of carbonyl (C=O) groups excluding carboxylic acids is 1. The molecule has 138 valence electrons. The third-order valence-electron chi connectivity index (χ3n) is 4.63. The first-order chi connectivity index (χ1) is 13.0. The summed E-state index contributed by atoms with van der Waals surface area (Å²) in [6, 6.07) is 6.95. The number of aromatic nitrogens is 3. The maximum absolute atomic E-state index is 13.1. The van der Waals surface area contributed by atoms with Gasteiger partial charge in [-0.25, -0.2) is 14.2 Å². The van der Waals surface area contributed by atoms with Gasteiger partial charge in [0.25, 0.3) is 11.5 Å². The SMILES string of the molecule is CCn1c(=O)[nH]c(=O)c2c(C(=O)Nc3ccc(F)cc3)cc(C3CC3)nc21. The molecule has 0 unspecified atom stereocenters. The topological polar surface area (TPSA) is 96.9 Å². The van der Waals surface area contributed by atoms with Gasteiger partial charge in [-0.15, -0.1) is 0 Å². The van der Waals surface area contributed by atoms with E-state index in [9.17, 15) is 18.8 Å². The zero-order valence-corrected chi connectivity index (χ0v) is 14.6. The van der Waals surface area contributed by atoms with Crippen molar-refractivity contribution in [3.63, 3.8) is 0 Å². The van der Waals surface area contributed by atoms with Gasteiger partial charge in [-0.1, -0.05) is 0 Å². The van der Waals surface area contributed by atoms with Crippen molar-refractivity contribution >= 4 is 22.6 Å².